The van der Waals surface area contributed by atoms with Gasteiger partial charge in [-0.2, -0.15) is 13.2 Å². The van der Waals surface area contributed by atoms with Crippen molar-refractivity contribution in [3.63, 3.8) is 0 Å². The van der Waals surface area contributed by atoms with Crippen molar-refractivity contribution in [3.8, 4) is 11.3 Å². The molecular formula is C19H17BrClF3N2. The van der Waals surface area contributed by atoms with E-state index in [0.717, 1.165) is 28.9 Å². The second-order valence-corrected chi connectivity index (χ2v) is 7.40. The number of hydrogen-bond donors (Lipinski definition) is 2. The summed E-state index contributed by atoms with van der Waals surface area (Å²) in [6, 6.07) is 9.58. The Morgan fingerprint density at radius 2 is 1.88 bits per heavy atom. The lowest BCUT2D eigenvalue weighted by Crippen LogP contribution is -2.05. The average molecular weight is 446 g/mol. The molecule has 0 radical (unpaired) electrons. The molecule has 138 valence electrons. The molecule has 0 bridgehead atoms. The van der Waals surface area contributed by atoms with Gasteiger partial charge in [-0.25, -0.2) is 0 Å². The van der Waals surface area contributed by atoms with E-state index in [1.807, 2.05) is 6.07 Å². The van der Waals surface area contributed by atoms with Crippen LogP contribution in [0.2, 0.25) is 5.02 Å². The van der Waals surface area contributed by atoms with Crippen molar-refractivity contribution in [2.24, 2.45) is 5.73 Å². The fraction of sp³-hybridized carbons (Fsp3) is 0.263. The molecule has 26 heavy (non-hydrogen) atoms. The molecule has 2 nitrogen and oxygen atoms in total. The van der Waals surface area contributed by atoms with Crippen LogP contribution in [0.4, 0.5) is 13.2 Å². The summed E-state index contributed by atoms with van der Waals surface area (Å²) >= 11 is 9.74. The van der Waals surface area contributed by atoms with Gasteiger partial charge in [-0.15, -0.1) is 0 Å². The maximum atomic E-state index is 13.4. The fourth-order valence-electron chi connectivity index (χ4n) is 3.13. The van der Waals surface area contributed by atoms with Crippen LogP contribution < -0.4 is 5.73 Å². The van der Waals surface area contributed by atoms with Gasteiger partial charge < -0.3 is 10.7 Å². The molecule has 7 heteroatoms. The van der Waals surface area contributed by atoms with E-state index in [9.17, 15) is 13.2 Å². The number of nitrogens with one attached hydrogen (secondary N) is 1. The highest BCUT2D eigenvalue weighted by atomic mass is 79.9. The van der Waals surface area contributed by atoms with E-state index in [1.54, 1.807) is 18.2 Å². The lowest BCUT2D eigenvalue weighted by Gasteiger charge is -2.08. The second kappa shape index (κ2) is 7.62. The minimum absolute atomic E-state index is 0.0915. The van der Waals surface area contributed by atoms with E-state index in [0.29, 0.717) is 34.6 Å². The van der Waals surface area contributed by atoms with Gasteiger partial charge in [0.1, 0.15) is 0 Å². The number of alkyl halides is 3. The molecule has 3 aromatic rings. The predicted octanol–water partition coefficient (Wildman–Crippen LogP) is 6.55. The highest BCUT2D eigenvalue weighted by Crippen LogP contribution is 2.41. The van der Waals surface area contributed by atoms with Crippen molar-refractivity contribution in [1.82, 2.24) is 4.98 Å². The lowest BCUT2D eigenvalue weighted by atomic mass is 9.99. The zero-order valence-corrected chi connectivity index (χ0v) is 16.1. The summed E-state index contributed by atoms with van der Waals surface area (Å²) in [6.07, 6.45) is -2.22. The largest absolute Gasteiger partial charge is 0.418 e. The van der Waals surface area contributed by atoms with Crippen molar-refractivity contribution in [1.29, 1.82) is 0 Å². The van der Waals surface area contributed by atoms with E-state index < -0.39 is 11.7 Å². The van der Waals surface area contributed by atoms with Gasteiger partial charge in [0.2, 0.25) is 0 Å². The molecule has 0 atom stereocenters. The van der Waals surface area contributed by atoms with E-state index in [-0.39, 0.29) is 5.52 Å². The predicted molar refractivity (Wildman–Crippen MR) is 103 cm³/mol. The smallest absolute Gasteiger partial charge is 0.354 e. The molecule has 0 fully saturated rings. The maximum Gasteiger partial charge on any atom is 0.418 e. The summed E-state index contributed by atoms with van der Waals surface area (Å²) in [5.41, 5.74) is 7.12. The Morgan fingerprint density at radius 1 is 1.12 bits per heavy atom. The Labute approximate surface area is 162 Å². The molecular weight excluding hydrogens is 429 g/mol. The summed E-state index contributed by atoms with van der Waals surface area (Å²) in [5.74, 6) is 0. The molecule has 0 aliphatic rings. The molecule has 3 rings (SSSR count). The molecule has 0 spiro atoms. The molecule has 0 saturated carbocycles. The van der Waals surface area contributed by atoms with E-state index in [1.165, 1.54) is 6.07 Å². The minimum Gasteiger partial charge on any atom is -0.354 e. The summed E-state index contributed by atoms with van der Waals surface area (Å²) in [6.45, 7) is 0.545. The Morgan fingerprint density at radius 3 is 2.58 bits per heavy atom. The first-order valence-corrected chi connectivity index (χ1v) is 9.36. The highest BCUT2D eigenvalue weighted by Gasteiger charge is 2.34. The fourth-order valence-corrected chi connectivity index (χ4v) is 3.71. The highest BCUT2D eigenvalue weighted by molar-refractivity contribution is 9.10. The number of fused-ring (bicyclic) bond motifs is 1. The molecule has 1 heterocycles. The normalized spacial score (nSPS) is 12.1. The third-order valence-electron chi connectivity index (χ3n) is 4.33. The zero-order valence-electron chi connectivity index (χ0n) is 13.8. The Hall–Kier alpha value is -1.50. The first-order valence-electron chi connectivity index (χ1n) is 8.19. The second-order valence-electron chi connectivity index (χ2n) is 6.07. The Bertz CT molecular complexity index is 934. The molecule has 0 amide bonds. The van der Waals surface area contributed by atoms with Crippen molar-refractivity contribution in [2.75, 3.05) is 6.54 Å². The van der Waals surface area contributed by atoms with Gasteiger partial charge in [0.25, 0.3) is 0 Å². The van der Waals surface area contributed by atoms with E-state index >= 15 is 0 Å². The molecule has 0 unspecified atom stereocenters. The number of benzene rings is 2. The van der Waals surface area contributed by atoms with Crippen LogP contribution in [0.1, 0.15) is 24.0 Å². The summed E-state index contributed by atoms with van der Waals surface area (Å²) in [7, 11) is 0. The topological polar surface area (TPSA) is 41.8 Å². The van der Waals surface area contributed by atoms with Crippen LogP contribution in [-0.2, 0) is 12.6 Å². The Balaban J connectivity index is 2.26. The number of hydrogen-bond acceptors (Lipinski definition) is 1. The SMILES string of the molecule is NCCCCc1c(-c2cc(Br)ccc2Cl)[nH]c2c(C(F)(F)F)cccc12. The number of halogens is 5. The lowest BCUT2D eigenvalue weighted by molar-refractivity contribution is -0.136. The molecule has 0 aliphatic heterocycles. The number of H-pyrrole nitrogens is 1. The van der Waals surface area contributed by atoms with Crippen LogP contribution in [0.15, 0.2) is 40.9 Å². The van der Waals surface area contributed by atoms with Crippen molar-refractivity contribution < 1.29 is 13.2 Å². The van der Waals surface area contributed by atoms with E-state index in [4.69, 9.17) is 17.3 Å². The van der Waals surface area contributed by atoms with Crippen molar-refractivity contribution in [2.45, 2.75) is 25.4 Å². The standard InChI is InChI=1S/C19H17BrClF3N2/c20-11-7-8-16(21)14(10-11)17-12(4-1-2-9-25)13-5-3-6-15(18(13)26-17)19(22,23)24/h3,5-8,10,26H,1-2,4,9,25H2. The maximum absolute atomic E-state index is 13.4. The van der Waals surface area contributed by atoms with Crippen LogP contribution in [0, 0.1) is 0 Å². The first kappa shape index (κ1) is 19.3. The third kappa shape index (κ3) is 3.77. The van der Waals surface area contributed by atoms with Gasteiger partial charge in [0.15, 0.2) is 0 Å². The molecule has 2 aromatic carbocycles. The Kier molecular flexibility index (Phi) is 5.65. The number of rotatable bonds is 5. The molecule has 0 saturated heterocycles. The van der Waals surface area contributed by atoms with Gasteiger partial charge in [-0.05, 0) is 55.6 Å². The number of unbranched alkanes of at least 4 members (excludes halogenated alkanes) is 1. The molecule has 3 N–H and O–H groups in total. The monoisotopic (exact) mass is 444 g/mol. The zero-order chi connectivity index (χ0) is 18.9. The van der Waals surface area contributed by atoms with Gasteiger partial charge >= 0.3 is 6.18 Å². The van der Waals surface area contributed by atoms with Gasteiger partial charge in [0, 0.05) is 20.4 Å². The number of aryl methyl sites for hydroxylation is 1. The number of aromatic nitrogens is 1. The van der Waals surface area contributed by atoms with Crippen molar-refractivity contribution >= 4 is 38.4 Å². The molecule has 0 aliphatic carbocycles. The van der Waals surface area contributed by atoms with Gasteiger partial charge in [-0.1, -0.05) is 39.7 Å². The molecule has 1 aromatic heterocycles. The first-order chi connectivity index (χ1) is 12.3. The van der Waals surface area contributed by atoms with Crippen LogP contribution in [0.5, 0.6) is 0 Å². The number of nitrogens with two attached hydrogens (primary N) is 1. The third-order valence-corrected chi connectivity index (χ3v) is 5.15. The average Bonchev–Trinajstić information content (AvgIpc) is 2.95. The van der Waals surface area contributed by atoms with Crippen LogP contribution in [-0.4, -0.2) is 11.5 Å². The number of aromatic amines is 1. The van der Waals surface area contributed by atoms with Gasteiger partial charge in [-0.3, -0.25) is 0 Å². The summed E-state index contributed by atoms with van der Waals surface area (Å²) < 4.78 is 41.1. The van der Waals surface area contributed by atoms with Crippen LogP contribution in [0.25, 0.3) is 22.2 Å². The van der Waals surface area contributed by atoms with E-state index in [2.05, 4.69) is 20.9 Å². The summed E-state index contributed by atoms with van der Waals surface area (Å²) in [5, 5.41) is 1.05. The number of para-hydroxylation sites is 1. The van der Waals surface area contributed by atoms with Crippen molar-refractivity contribution in [3.05, 3.63) is 57.0 Å². The quantitative estimate of drug-likeness (QED) is 0.430. The minimum atomic E-state index is -4.43. The van der Waals surface area contributed by atoms with Gasteiger partial charge in [0.05, 0.1) is 16.8 Å². The van der Waals surface area contributed by atoms with Crippen LogP contribution in [0.3, 0.4) is 0 Å². The summed E-state index contributed by atoms with van der Waals surface area (Å²) in [4.78, 5) is 2.99. The van der Waals surface area contributed by atoms with Crippen LogP contribution >= 0.6 is 27.5 Å².